The summed E-state index contributed by atoms with van der Waals surface area (Å²) in [5.74, 6) is -0.837. The number of carbonyl (C=O) groups excluding carboxylic acids is 1. The third kappa shape index (κ3) is 2.91. The van der Waals surface area contributed by atoms with E-state index in [-0.39, 0.29) is 12.4 Å². The average molecular weight is 284 g/mol. The van der Waals surface area contributed by atoms with Crippen molar-refractivity contribution >= 4 is 17.0 Å². The highest BCUT2D eigenvalue weighted by Crippen LogP contribution is 2.11. The first-order valence-corrected chi connectivity index (χ1v) is 6.56. The molecule has 0 N–H and O–H groups in total. The molecule has 0 bridgehead atoms. The van der Waals surface area contributed by atoms with Crippen molar-refractivity contribution in [2.75, 3.05) is 6.61 Å². The Bertz CT molecular complexity index is 765. The van der Waals surface area contributed by atoms with Crippen LogP contribution in [0, 0.1) is 5.82 Å². The van der Waals surface area contributed by atoms with Crippen molar-refractivity contribution in [3.8, 4) is 0 Å². The molecule has 5 heteroatoms. The van der Waals surface area contributed by atoms with Gasteiger partial charge in [-0.2, -0.15) is 0 Å². The van der Waals surface area contributed by atoms with E-state index in [2.05, 4.69) is 4.98 Å². The molecule has 0 spiro atoms. The summed E-state index contributed by atoms with van der Waals surface area (Å²) in [6, 6.07) is 13.0. The fourth-order valence-corrected chi connectivity index (χ4v) is 2.09. The molecule has 0 fully saturated rings. The van der Waals surface area contributed by atoms with Crippen LogP contribution >= 0.6 is 0 Å². The van der Waals surface area contributed by atoms with Crippen LogP contribution in [0.3, 0.4) is 0 Å². The number of imidazole rings is 1. The number of fused-ring (bicyclic) bond motifs is 1. The van der Waals surface area contributed by atoms with Gasteiger partial charge in [-0.1, -0.05) is 12.1 Å². The fourth-order valence-electron chi connectivity index (χ4n) is 2.09. The molecule has 21 heavy (non-hydrogen) atoms. The van der Waals surface area contributed by atoms with Crippen molar-refractivity contribution in [3.05, 3.63) is 66.2 Å². The van der Waals surface area contributed by atoms with Crippen LogP contribution in [-0.4, -0.2) is 22.1 Å². The van der Waals surface area contributed by atoms with Gasteiger partial charge in [0.05, 0.1) is 29.5 Å². The predicted octanol–water partition coefficient (Wildman–Crippen LogP) is 3.03. The molecule has 0 aliphatic rings. The maximum absolute atomic E-state index is 12.8. The van der Waals surface area contributed by atoms with E-state index in [9.17, 15) is 9.18 Å². The summed E-state index contributed by atoms with van der Waals surface area (Å²) in [4.78, 5) is 16.0. The minimum atomic E-state index is -0.459. The van der Waals surface area contributed by atoms with Gasteiger partial charge in [-0.25, -0.2) is 14.2 Å². The Hall–Kier alpha value is -2.69. The number of ether oxygens (including phenoxy) is 1. The van der Waals surface area contributed by atoms with Crippen molar-refractivity contribution in [2.45, 2.75) is 6.54 Å². The lowest BCUT2D eigenvalue weighted by Crippen LogP contribution is -2.11. The molecule has 0 amide bonds. The number of carbonyl (C=O) groups is 1. The van der Waals surface area contributed by atoms with Crippen molar-refractivity contribution in [1.29, 1.82) is 0 Å². The molecule has 1 aromatic heterocycles. The molecule has 0 saturated carbocycles. The Morgan fingerprint density at radius 3 is 2.71 bits per heavy atom. The van der Waals surface area contributed by atoms with E-state index in [1.165, 1.54) is 24.3 Å². The van der Waals surface area contributed by atoms with Crippen LogP contribution in [-0.2, 0) is 11.3 Å². The Morgan fingerprint density at radius 2 is 1.90 bits per heavy atom. The maximum atomic E-state index is 12.8. The van der Waals surface area contributed by atoms with E-state index in [0.717, 1.165) is 11.0 Å². The lowest BCUT2D eigenvalue weighted by molar-refractivity contribution is 0.0492. The van der Waals surface area contributed by atoms with E-state index in [4.69, 9.17) is 4.74 Å². The molecule has 2 aromatic carbocycles. The Balaban J connectivity index is 1.61. The highest BCUT2D eigenvalue weighted by atomic mass is 19.1. The molecule has 3 rings (SSSR count). The molecular formula is C16H13FN2O2. The van der Waals surface area contributed by atoms with E-state index in [1.54, 1.807) is 6.33 Å². The normalized spacial score (nSPS) is 10.7. The highest BCUT2D eigenvalue weighted by molar-refractivity contribution is 5.89. The number of aromatic nitrogens is 2. The molecule has 3 aromatic rings. The number of rotatable bonds is 4. The average Bonchev–Trinajstić information content (AvgIpc) is 2.91. The highest BCUT2D eigenvalue weighted by Gasteiger charge is 2.07. The molecule has 0 radical (unpaired) electrons. The van der Waals surface area contributed by atoms with Crippen molar-refractivity contribution < 1.29 is 13.9 Å². The number of esters is 1. The number of para-hydroxylation sites is 2. The van der Waals surface area contributed by atoms with Gasteiger partial charge in [0.25, 0.3) is 0 Å². The van der Waals surface area contributed by atoms with Crippen molar-refractivity contribution in [1.82, 2.24) is 9.55 Å². The van der Waals surface area contributed by atoms with Crippen LogP contribution < -0.4 is 0 Å². The zero-order valence-corrected chi connectivity index (χ0v) is 11.2. The summed E-state index contributed by atoms with van der Waals surface area (Å²) >= 11 is 0. The number of hydrogen-bond donors (Lipinski definition) is 0. The van der Waals surface area contributed by atoms with Gasteiger partial charge in [-0.3, -0.25) is 0 Å². The minimum absolute atomic E-state index is 0.233. The summed E-state index contributed by atoms with van der Waals surface area (Å²) in [6.45, 7) is 0.754. The van der Waals surface area contributed by atoms with Gasteiger partial charge in [0.2, 0.25) is 0 Å². The van der Waals surface area contributed by atoms with Gasteiger partial charge < -0.3 is 9.30 Å². The third-order valence-corrected chi connectivity index (χ3v) is 3.17. The summed E-state index contributed by atoms with van der Waals surface area (Å²) in [7, 11) is 0. The largest absolute Gasteiger partial charge is 0.460 e. The first-order valence-electron chi connectivity index (χ1n) is 6.56. The molecule has 0 aliphatic heterocycles. The number of hydrogen-bond acceptors (Lipinski definition) is 3. The van der Waals surface area contributed by atoms with Crippen LogP contribution in [0.4, 0.5) is 4.39 Å². The van der Waals surface area contributed by atoms with Crippen LogP contribution in [0.5, 0.6) is 0 Å². The first kappa shape index (κ1) is 13.3. The van der Waals surface area contributed by atoms with E-state index in [1.807, 2.05) is 28.8 Å². The van der Waals surface area contributed by atoms with Gasteiger partial charge in [0.15, 0.2) is 0 Å². The SMILES string of the molecule is O=C(OCCn1cnc2ccccc21)c1ccc(F)cc1. The smallest absolute Gasteiger partial charge is 0.338 e. The fraction of sp³-hybridized carbons (Fsp3) is 0.125. The third-order valence-electron chi connectivity index (χ3n) is 3.17. The zero-order chi connectivity index (χ0) is 14.7. The lowest BCUT2D eigenvalue weighted by atomic mass is 10.2. The molecule has 0 saturated heterocycles. The summed E-state index contributed by atoms with van der Waals surface area (Å²) < 4.78 is 19.9. The first-order chi connectivity index (χ1) is 10.2. The van der Waals surface area contributed by atoms with E-state index in [0.29, 0.717) is 12.1 Å². The van der Waals surface area contributed by atoms with Gasteiger partial charge in [-0.15, -0.1) is 0 Å². The Labute approximate surface area is 120 Å². The second-order valence-electron chi connectivity index (χ2n) is 4.57. The van der Waals surface area contributed by atoms with Crippen LogP contribution in [0.2, 0.25) is 0 Å². The molecule has 0 aliphatic carbocycles. The minimum Gasteiger partial charge on any atom is -0.460 e. The molecule has 4 nitrogen and oxygen atoms in total. The second-order valence-corrected chi connectivity index (χ2v) is 4.57. The zero-order valence-electron chi connectivity index (χ0n) is 11.2. The summed E-state index contributed by atoms with van der Waals surface area (Å²) in [6.07, 6.45) is 1.72. The quantitative estimate of drug-likeness (QED) is 0.692. The molecule has 0 unspecified atom stereocenters. The van der Waals surface area contributed by atoms with E-state index < -0.39 is 5.97 Å². The second kappa shape index (κ2) is 5.75. The van der Waals surface area contributed by atoms with Gasteiger partial charge in [-0.05, 0) is 36.4 Å². The summed E-state index contributed by atoms with van der Waals surface area (Å²) in [5.41, 5.74) is 2.24. The van der Waals surface area contributed by atoms with Crippen molar-refractivity contribution in [2.24, 2.45) is 0 Å². The van der Waals surface area contributed by atoms with Crippen LogP contribution in [0.25, 0.3) is 11.0 Å². The van der Waals surface area contributed by atoms with Crippen LogP contribution in [0.15, 0.2) is 54.9 Å². The van der Waals surface area contributed by atoms with Gasteiger partial charge >= 0.3 is 5.97 Å². The standard InChI is InChI=1S/C16H13FN2O2/c17-13-7-5-12(6-8-13)16(20)21-10-9-19-11-18-14-3-1-2-4-15(14)19/h1-8,11H,9-10H2. The van der Waals surface area contributed by atoms with Crippen molar-refractivity contribution in [3.63, 3.8) is 0 Å². The Kier molecular flexibility index (Phi) is 3.64. The topological polar surface area (TPSA) is 44.1 Å². The van der Waals surface area contributed by atoms with E-state index >= 15 is 0 Å². The molecule has 0 atom stereocenters. The molecule has 106 valence electrons. The molecular weight excluding hydrogens is 271 g/mol. The maximum Gasteiger partial charge on any atom is 0.338 e. The molecule has 1 heterocycles. The predicted molar refractivity (Wildman–Crippen MR) is 76.4 cm³/mol. The van der Waals surface area contributed by atoms with Gasteiger partial charge in [0.1, 0.15) is 12.4 Å². The van der Waals surface area contributed by atoms with Crippen LogP contribution in [0.1, 0.15) is 10.4 Å². The summed E-state index contributed by atoms with van der Waals surface area (Å²) in [5, 5.41) is 0. The van der Waals surface area contributed by atoms with Gasteiger partial charge in [0, 0.05) is 0 Å². The Morgan fingerprint density at radius 1 is 1.14 bits per heavy atom. The monoisotopic (exact) mass is 284 g/mol. The lowest BCUT2D eigenvalue weighted by Gasteiger charge is -2.06. The number of halogens is 1. The number of benzene rings is 2. The number of nitrogens with zero attached hydrogens (tertiary/aromatic N) is 2.